The van der Waals surface area contributed by atoms with Crippen LogP contribution < -0.4 is 0 Å². The van der Waals surface area contributed by atoms with Crippen molar-refractivity contribution in [2.24, 2.45) is 0 Å². The zero-order chi connectivity index (χ0) is 10.1. The molecule has 2 aromatic rings. The Morgan fingerprint density at radius 3 is 2.86 bits per heavy atom. The minimum absolute atomic E-state index is 0.352. The van der Waals surface area contributed by atoms with Crippen molar-refractivity contribution in [3.05, 3.63) is 40.4 Å². The Bertz CT molecular complexity index is 546. The summed E-state index contributed by atoms with van der Waals surface area (Å²) in [4.78, 5) is 3.85. The number of hydrogen-bond acceptors (Lipinski definition) is 2. The van der Waals surface area contributed by atoms with Crippen molar-refractivity contribution in [2.45, 2.75) is 0 Å². The van der Waals surface area contributed by atoms with Crippen molar-refractivity contribution in [3.8, 4) is 6.07 Å². The molecule has 0 aliphatic carbocycles. The standard InChI is InChI=1S/C10H4BrFN2/c11-9-2-8-6(1-10(9)12)4-14-5-7(8)3-13/h1-2,4-5H. The van der Waals surface area contributed by atoms with E-state index >= 15 is 0 Å². The van der Waals surface area contributed by atoms with E-state index in [9.17, 15) is 4.39 Å². The summed E-state index contributed by atoms with van der Waals surface area (Å²) < 4.78 is 13.5. The Balaban J connectivity index is 2.90. The average Bonchev–Trinajstić information content (AvgIpc) is 2.19. The van der Waals surface area contributed by atoms with E-state index in [0.717, 1.165) is 0 Å². The number of nitrogens with zero attached hydrogens (tertiary/aromatic N) is 2. The number of fused-ring (bicyclic) bond motifs is 1. The number of aromatic nitrogens is 1. The molecule has 2 rings (SSSR count). The first-order valence-corrected chi connectivity index (χ1v) is 4.64. The van der Waals surface area contributed by atoms with Gasteiger partial charge in [-0.3, -0.25) is 4.98 Å². The maximum absolute atomic E-state index is 13.1. The second-order valence-electron chi connectivity index (χ2n) is 2.79. The third kappa shape index (κ3) is 1.36. The van der Waals surface area contributed by atoms with Gasteiger partial charge >= 0.3 is 0 Å². The molecule has 2 nitrogen and oxygen atoms in total. The third-order valence-corrected chi connectivity index (χ3v) is 2.53. The van der Waals surface area contributed by atoms with Gasteiger partial charge in [0.25, 0.3) is 0 Å². The largest absolute Gasteiger partial charge is 0.263 e. The van der Waals surface area contributed by atoms with Gasteiger partial charge in [-0.25, -0.2) is 4.39 Å². The lowest BCUT2D eigenvalue weighted by Crippen LogP contribution is -1.85. The normalized spacial score (nSPS) is 10.1. The summed E-state index contributed by atoms with van der Waals surface area (Å²) in [5.41, 5.74) is 0.447. The molecule has 0 saturated heterocycles. The van der Waals surface area contributed by atoms with Crippen molar-refractivity contribution in [2.75, 3.05) is 0 Å². The highest BCUT2D eigenvalue weighted by molar-refractivity contribution is 9.10. The summed E-state index contributed by atoms with van der Waals surface area (Å²) in [5.74, 6) is -0.352. The Labute approximate surface area is 88.1 Å². The fourth-order valence-electron chi connectivity index (χ4n) is 1.25. The monoisotopic (exact) mass is 250 g/mol. The number of hydrogen-bond donors (Lipinski definition) is 0. The van der Waals surface area contributed by atoms with Crippen LogP contribution in [0.1, 0.15) is 5.56 Å². The Morgan fingerprint density at radius 1 is 1.36 bits per heavy atom. The lowest BCUT2D eigenvalue weighted by Gasteiger charge is -2.00. The smallest absolute Gasteiger partial charge is 0.138 e. The molecule has 0 N–H and O–H groups in total. The molecule has 68 valence electrons. The maximum Gasteiger partial charge on any atom is 0.138 e. The van der Waals surface area contributed by atoms with Crippen LogP contribution in [0.4, 0.5) is 4.39 Å². The summed E-state index contributed by atoms with van der Waals surface area (Å²) in [5, 5.41) is 10.1. The van der Waals surface area contributed by atoms with E-state index < -0.39 is 0 Å². The molecule has 1 aromatic heterocycles. The molecule has 14 heavy (non-hydrogen) atoms. The van der Waals surface area contributed by atoms with E-state index in [1.807, 2.05) is 6.07 Å². The van der Waals surface area contributed by atoms with Crippen molar-refractivity contribution in [1.29, 1.82) is 5.26 Å². The molecule has 0 radical (unpaired) electrons. The van der Waals surface area contributed by atoms with Crippen LogP contribution in [-0.4, -0.2) is 4.98 Å². The quantitative estimate of drug-likeness (QED) is 0.721. The first-order chi connectivity index (χ1) is 6.72. The lowest BCUT2D eigenvalue weighted by atomic mass is 10.1. The van der Waals surface area contributed by atoms with E-state index in [4.69, 9.17) is 5.26 Å². The first kappa shape index (κ1) is 9.10. The van der Waals surface area contributed by atoms with Crippen molar-refractivity contribution < 1.29 is 4.39 Å². The second-order valence-corrected chi connectivity index (χ2v) is 3.64. The lowest BCUT2D eigenvalue weighted by molar-refractivity contribution is 0.623. The van der Waals surface area contributed by atoms with Gasteiger partial charge in [0, 0.05) is 23.2 Å². The molecule has 0 bridgehead atoms. The summed E-state index contributed by atoms with van der Waals surface area (Å²) in [6.45, 7) is 0. The molecule has 0 atom stereocenters. The SMILES string of the molecule is N#Cc1cncc2cc(F)c(Br)cc12. The fourth-order valence-corrected chi connectivity index (χ4v) is 1.60. The van der Waals surface area contributed by atoms with Gasteiger partial charge in [-0.05, 0) is 28.1 Å². The highest BCUT2D eigenvalue weighted by Crippen LogP contribution is 2.24. The highest BCUT2D eigenvalue weighted by atomic mass is 79.9. The molecule has 0 unspecified atom stereocenters. The average molecular weight is 251 g/mol. The van der Waals surface area contributed by atoms with Crippen LogP contribution >= 0.6 is 15.9 Å². The van der Waals surface area contributed by atoms with Crippen LogP contribution in [0.5, 0.6) is 0 Å². The van der Waals surface area contributed by atoms with Gasteiger partial charge in [-0.2, -0.15) is 5.26 Å². The molecule has 0 amide bonds. The van der Waals surface area contributed by atoms with Crippen LogP contribution in [0.3, 0.4) is 0 Å². The minimum atomic E-state index is -0.352. The molecule has 0 aliphatic heterocycles. The molecular formula is C10H4BrFN2. The van der Waals surface area contributed by atoms with Gasteiger partial charge in [0.15, 0.2) is 0 Å². The van der Waals surface area contributed by atoms with Crippen molar-refractivity contribution in [1.82, 2.24) is 4.98 Å². The highest BCUT2D eigenvalue weighted by Gasteiger charge is 2.05. The van der Waals surface area contributed by atoms with Crippen molar-refractivity contribution >= 4 is 26.7 Å². The number of pyridine rings is 1. The molecule has 1 aromatic carbocycles. The van der Waals surface area contributed by atoms with E-state index in [0.29, 0.717) is 20.8 Å². The Kier molecular flexibility index (Phi) is 2.18. The van der Waals surface area contributed by atoms with Crippen LogP contribution in [-0.2, 0) is 0 Å². The topological polar surface area (TPSA) is 36.7 Å². The van der Waals surface area contributed by atoms with Gasteiger partial charge < -0.3 is 0 Å². The number of halogens is 2. The third-order valence-electron chi connectivity index (χ3n) is 1.92. The second kappa shape index (κ2) is 3.35. The molecular weight excluding hydrogens is 247 g/mol. The first-order valence-electron chi connectivity index (χ1n) is 3.85. The van der Waals surface area contributed by atoms with Crippen LogP contribution in [0.15, 0.2) is 29.0 Å². The summed E-state index contributed by atoms with van der Waals surface area (Å²) in [7, 11) is 0. The number of rotatable bonds is 0. The Hall–Kier alpha value is -1.47. The number of benzene rings is 1. The molecule has 4 heteroatoms. The molecule has 0 aliphatic rings. The maximum atomic E-state index is 13.1. The van der Waals surface area contributed by atoms with Gasteiger partial charge in [0.1, 0.15) is 11.9 Å². The molecule has 0 fully saturated rings. The van der Waals surface area contributed by atoms with Gasteiger partial charge in [0.2, 0.25) is 0 Å². The van der Waals surface area contributed by atoms with Crippen LogP contribution in [0.25, 0.3) is 10.8 Å². The predicted molar refractivity (Wildman–Crippen MR) is 54.1 cm³/mol. The molecule has 0 saturated carbocycles. The van der Waals surface area contributed by atoms with Crippen molar-refractivity contribution in [3.63, 3.8) is 0 Å². The molecule has 0 spiro atoms. The summed E-state index contributed by atoms with van der Waals surface area (Å²) in [6, 6.07) is 4.95. The van der Waals surface area contributed by atoms with Crippen LogP contribution in [0.2, 0.25) is 0 Å². The zero-order valence-corrected chi connectivity index (χ0v) is 8.55. The van der Waals surface area contributed by atoms with Crippen LogP contribution in [0, 0.1) is 17.1 Å². The fraction of sp³-hybridized carbons (Fsp3) is 0. The minimum Gasteiger partial charge on any atom is -0.263 e. The zero-order valence-electron chi connectivity index (χ0n) is 6.96. The number of nitriles is 1. The van der Waals surface area contributed by atoms with E-state index in [1.165, 1.54) is 18.5 Å². The Morgan fingerprint density at radius 2 is 2.14 bits per heavy atom. The summed E-state index contributed by atoms with van der Waals surface area (Å²) in [6.07, 6.45) is 3.00. The van der Waals surface area contributed by atoms with E-state index in [-0.39, 0.29) is 5.82 Å². The predicted octanol–water partition coefficient (Wildman–Crippen LogP) is 3.01. The van der Waals surface area contributed by atoms with Gasteiger partial charge in [-0.1, -0.05) is 0 Å². The summed E-state index contributed by atoms with van der Waals surface area (Å²) >= 11 is 3.07. The van der Waals surface area contributed by atoms with Gasteiger partial charge in [-0.15, -0.1) is 0 Å². The van der Waals surface area contributed by atoms with E-state index in [2.05, 4.69) is 20.9 Å². The van der Waals surface area contributed by atoms with Gasteiger partial charge in [0.05, 0.1) is 10.0 Å². The molecule has 1 heterocycles. The van der Waals surface area contributed by atoms with E-state index in [1.54, 1.807) is 6.07 Å².